The summed E-state index contributed by atoms with van der Waals surface area (Å²) in [6.07, 6.45) is 4.64. The highest BCUT2D eigenvalue weighted by molar-refractivity contribution is 7.99. The van der Waals surface area contributed by atoms with Crippen LogP contribution in [0.25, 0.3) is 22.4 Å². The van der Waals surface area contributed by atoms with Gasteiger partial charge < -0.3 is 20.9 Å². The molecule has 3 aliphatic rings. The van der Waals surface area contributed by atoms with E-state index in [9.17, 15) is 4.79 Å². The van der Waals surface area contributed by atoms with Crippen molar-refractivity contribution in [1.29, 1.82) is 5.41 Å². The Morgan fingerprint density at radius 1 is 1.18 bits per heavy atom. The van der Waals surface area contributed by atoms with Crippen LogP contribution in [0.3, 0.4) is 0 Å². The topological polar surface area (TPSA) is 91.2 Å². The molecule has 0 radical (unpaired) electrons. The number of likely N-dealkylation sites (tertiary alicyclic amines) is 1. The molecule has 3 N–H and O–H groups in total. The van der Waals surface area contributed by atoms with E-state index in [1.165, 1.54) is 18.0 Å². The van der Waals surface area contributed by atoms with Gasteiger partial charge >= 0.3 is 0 Å². The number of hydrogen-bond donors (Lipinski definition) is 2. The Morgan fingerprint density at radius 2 is 1.85 bits per heavy atom. The molecule has 3 aromatic rings. The van der Waals surface area contributed by atoms with Crippen LogP contribution >= 0.6 is 23.4 Å². The van der Waals surface area contributed by atoms with E-state index < -0.39 is 0 Å². The van der Waals surface area contributed by atoms with Crippen molar-refractivity contribution in [3.63, 3.8) is 0 Å². The van der Waals surface area contributed by atoms with Crippen LogP contribution in [0.15, 0.2) is 43.0 Å². The average Bonchev–Trinajstić information content (AvgIpc) is 3.25. The fourth-order valence-electron chi connectivity index (χ4n) is 6.68. The zero-order valence-electron chi connectivity index (χ0n) is 23.0. The summed E-state index contributed by atoms with van der Waals surface area (Å²) in [5.74, 6) is 2.31. The molecule has 0 atom stereocenters. The van der Waals surface area contributed by atoms with Crippen LogP contribution in [0, 0.1) is 24.7 Å². The largest absolute Gasteiger partial charge is 0.398 e. The molecule has 7 nitrogen and oxygen atoms in total. The first-order valence-corrected chi connectivity index (χ1v) is 15.3. The van der Waals surface area contributed by atoms with Gasteiger partial charge in [0.1, 0.15) is 5.69 Å². The number of nitrogens with one attached hydrogen (secondary N) is 1. The number of benzene rings is 2. The minimum atomic E-state index is 0.00604. The van der Waals surface area contributed by atoms with E-state index >= 15 is 0 Å². The summed E-state index contributed by atoms with van der Waals surface area (Å²) in [5, 5.41) is 14.0. The molecule has 2 aliphatic heterocycles. The van der Waals surface area contributed by atoms with Crippen LogP contribution in [0.5, 0.6) is 0 Å². The van der Waals surface area contributed by atoms with Crippen molar-refractivity contribution in [2.75, 3.05) is 48.3 Å². The Kier molecular flexibility index (Phi) is 6.95. The van der Waals surface area contributed by atoms with E-state index in [2.05, 4.69) is 47.3 Å². The molecule has 2 aromatic carbocycles. The van der Waals surface area contributed by atoms with Gasteiger partial charge in [0.05, 0.1) is 11.1 Å². The van der Waals surface area contributed by atoms with Crippen molar-refractivity contribution in [1.82, 2.24) is 14.7 Å². The summed E-state index contributed by atoms with van der Waals surface area (Å²) in [6, 6.07) is 10.7. The standard InChI is InChI=1S/C31H35ClN6OS/c1-4-26(39)37-17-31(18-37)14-23(15-31)38-20(3)27(28-24(16-33)25(34)13-19(2)29(28)32)30(35-38)21-5-7-22(8-6-21)36-9-11-40-12-10-36/h4-8,13,16,23,33H,1,9-12,14-15,17-18,34H2,2-3H3. The number of carbonyl (C=O) groups excluding carboxylic acids is 1. The first-order chi connectivity index (χ1) is 19.2. The van der Waals surface area contributed by atoms with E-state index in [1.54, 1.807) is 0 Å². The van der Waals surface area contributed by atoms with Crippen molar-refractivity contribution in [3.8, 4) is 22.4 Å². The molecule has 0 unspecified atom stereocenters. The molecule has 40 heavy (non-hydrogen) atoms. The number of rotatable bonds is 6. The summed E-state index contributed by atoms with van der Waals surface area (Å²) in [5.41, 5.74) is 14.4. The van der Waals surface area contributed by atoms with Crippen LogP contribution in [0.4, 0.5) is 11.4 Å². The van der Waals surface area contributed by atoms with Gasteiger partial charge in [-0.15, -0.1) is 0 Å². The Balaban J connectivity index is 1.40. The predicted molar refractivity (Wildman–Crippen MR) is 167 cm³/mol. The molecule has 1 amide bonds. The third kappa shape index (κ3) is 4.41. The van der Waals surface area contributed by atoms with Crippen molar-refractivity contribution < 1.29 is 4.79 Å². The Labute approximate surface area is 244 Å². The minimum Gasteiger partial charge on any atom is -0.398 e. The maximum absolute atomic E-state index is 12.0. The zero-order valence-corrected chi connectivity index (χ0v) is 24.6. The molecule has 2 saturated heterocycles. The minimum absolute atomic E-state index is 0.00604. The van der Waals surface area contributed by atoms with E-state index in [0.29, 0.717) is 16.3 Å². The van der Waals surface area contributed by atoms with Gasteiger partial charge in [-0.1, -0.05) is 30.3 Å². The lowest BCUT2D eigenvalue weighted by Gasteiger charge is -2.58. The number of aromatic nitrogens is 2. The van der Waals surface area contributed by atoms with Gasteiger partial charge in [-0.3, -0.25) is 9.48 Å². The van der Waals surface area contributed by atoms with Gasteiger partial charge in [-0.2, -0.15) is 16.9 Å². The molecule has 1 aromatic heterocycles. The fourth-order valence-corrected chi connectivity index (χ4v) is 7.83. The molecular formula is C31H35ClN6OS. The SMILES string of the molecule is C=CC(=O)N1CC2(CC(n3nc(-c4ccc(N5CCSCC5)cc4)c(-c4c(Cl)c(C)cc(N)c4C=N)c3C)C2)C1. The lowest BCUT2D eigenvalue weighted by atomic mass is 9.60. The number of nitrogen functional groups attached to an aromatic ring is 1. The Hall–Kier alpha value is -3.23. The summed E-state index contributed by atoms with van der Waals surface area (Å²) < 4.78 is 2.15. The highest BCUT2D eigenvalue weighted by atomic mass is 35.5. The third-order valence-electron chi connectivity index (χ3n) is 8.80. The lowest BCUT2D eigenvalue weighted by molar-refractivity contribution is -0.149. The highest BCUT2D eigenvalue weighted by Gasteiger charge is 2.54. The monoisotopic (exact) mass is 574 g/mol. The molecule has 208 valence electrons. The maximum atomic E-state index is 12.0. The number of hydrogen-bond acceptors (Lipinski definition) is 6. The second kappa shape index (κ2) is 10.3. The van der Waals surface area contributed by atoms with Gasteiger partial charge in [-0.05, 0) is 56.5 Å². The van der Waals surface area contributed by atoms with E-state index in [4.69, 9.17) is 27.8 Å². The van der Waals surface area contributed by atoms with Gasteiger partial charge in [0.2, 0.25) is 5.91 Å². The number of nitrogens with two attached hydrogens (primary N) is 1. The van der Waals surface area contributed by atoms with Crippen LogP contribution in [0.1, 0.15) is 35.7 Å². The Bertz CT molecular complexity index is 1490. The summed E-state index contributed by atoms with van der Waals surface area (Å²) in [7, 11) is 0. The van der Waals surface area contributed by atoms with Crippen molar-refractivity contribution in [2.45, 2.75) is 32.7 Å². The lowest BCUT2D eigenvalue weighted by Crippen LogP contribution is -2.63. The first kappa shape index (κ1) is 27.0. The fraction of sp³-hybridized carbons (Fsp3) is 0.387. The predicted octanol–water partition coefficient (Wildman–Crippen LogP) is 5.97. The number of carbonyl (C=O) groups is 1. The number of nitrogens with zero attached hydrogens (tertiary/aromatic N) is 4. The molecule has 0 bridgehead atoms. The maximum Gasteiger partial charge on any atom is 0.245 e. The number of amides is 1. The van der Waals surface area contributed by atoms with E-state index in [1.807, 2.05) is 29.7 Å². The van der Waals surface area contributed by atoms with Gasteiger partial charge in [0.25, 0.3) is 0 Å². The second-order valence-corrected chi connectivity index (χ2v) is 13.0. The number of aryl methyl sites for hydroxylation is 1. The van der Waals surface area contributed by atoms with Crippen LogP contribution < -0.4 is 10.6 Å². The second-order valence-electron chi connectivity index (χ2n) is 11.4. The van der Waals surface area contributed by atoms with Crippen LogP contribution in [-0.2, 0) is 4.79 Å². The molecule has 9 heteroatoms. The molecule has 6 rings (SSSR count). The molecule has 3 heterocycles. The molecule has 1 saturated carbocycles. The summed E-state index contributed by atoms with van der Waals surface area (Å²) in [6.45, 7) is 11.3. The average molecular weight is 575 g/mol. The van der Waals surface area contributed by atoms with Crippen molar-refractivity contribution in [2.24, 2.45) is 5.41 Å². The normalized spacial score (nSPS) is 18.4. The molecule has 1 spiro atoms. The number of thioether (sulfide) groups is 1. The van der Waals surface area contributed by atoms with Crippen molar-refractivity contribution in [3.05, 3.63) is 64.8 Å². The molecule has 1 aliphatic carbocycles. The molecule has 3 fully saturated rings. The summed E-state index contributed by atoms with van der Waals surface area (Å²) >= 11 is 8.97. The highest BCUT2D eigenvalue weighted by Crippen LogP contribution is 2.55. The third-order valence-corrected chi connectivity index (χ3v) is 10.2. The smallest absolute Gasteiger partial charge is 0.245 e. The number of halogens is 1. The first-order valence-electron chi connectivity index (χ1n) is 13.8. The van der Waals surface area contributed by atoms with Gasteiger partial charge in [0.15, 0.2) is 0 Å². The number of anilines is 2. The van der Waals surface area contributed by atoms with E-state index in [-0.39, 0.29) is 17.4 Å². The quantitative estimate of drug-likeness (QED) is 0.215. The van der Waals surface area contributed by atoms with Gasteiger partial charge in [-0.25, -0.2) is 0 Å². The van der Waals surface area contributed by atoms with Crippen LogP contribution in [0.2, 0.25) is 5.02 Å². The zero-order chi connectivity index (χ0) is 28.2. The molecular weight excluding hydrogens is 540 g/mol. The van der Waals surface area contributed by atoms with Crippen molar-refractivity contribution >= 4 is 46.9 Å². The Morgan fingerprint density at radius 3 is 2.48 bits per heavy atom. The summed E-state index contributed by atoms with van der Waals surface area (Å²) in [4.78, 5) is 16.3. The van der Waals surface area contributed by atoms with E-state index in [0.717, 1.165) is 84.2 Å². The van der Waals surface area contributed by atoms with Crippen LogP contribution in [-0.4, -0.2) is 64.5 Å². The van der Waals surface area contributed by atoms with Gasteiger partial charge in [0, 0.05) is 88.6 Å².